The summed E-state index contributed by atoms with van der Waals surface area (Å²) in [5.41, 5.74) is 3.11. The van der Waals surface area contributed by atoms with E-state index in [0.717, 1.165) is 50.4 Å². The van der Waals surface area contributed by atoms with Crippen LogP contribution in [0.2, 0.25) is 0 Å². The van der Waals surface area contributed by atoms with Gasteiger partial charge in [-0.25, -0.2) is 9.97 Å². The second-order valence-corrected chi connectivity index (χ2v) is 7.42. The lowest BCUT2D eigenvalue weighted by molar-refractivity contribution is -0.138. The maximum atomic E-state index is 11.6. The largest absolute Gasteiger partial charge is 0.481 e. The van der Waals surface area contributed by atoms with Crippen molar-refractivity contribution in [3.05, 3.63) is 47.3 Å². The molecule has 30 heavy (non-hydrogen) atoms. The second-order valence-electron chi connectivity index (χ2n) is 7.42. The maximum Gasteiger partial charge on any atom is 0.312 e. The van der Waals surface area contributed by atoms with Crippen molar-refractivity contribution in [3.8, 4) is 5.88 Å². The molecule has 2 aromatic rings. The van der Waals surface area contributed by atoms with Crippen molar-refractivity contribution in [1.29, 1.82) is 0 Å². The van der Waals surface area contributed by atoms with E-state index in [9.17, 15) is 9.90 Å². The van der Waals surface area contributed by atoms with Crippen LogP contribution in [-0.4, -0.2) is 60.9 Å². The van der Waals surface area contributed by atoms with Crippen molar-refractivity contribution in [2.75, 3.05) is 45.2 Å². The van der Waals surface area contributed by atoms with Crippen LogP contribution in [-0.2, 0) is 17.6 Å². The lowest BCUT2D eigenvalue weighted by Gasteiger charge is -2.17. The van der Waals surface area contributed by atoms with Crippen molar-refractivity contribution in [1.82, 2.24) is 20.6 Å². The molecule has 8 heteroatoms. The monoisotopic (exact) mass is 413 g/mol. The Bertz CT molecular complexity index is 813. The first-order valence-corrected chi connectivity index (χ1v) is 10.5. The molecule has 4 N–H and O–H groups in total. The minimum absolute atomic E-state index is 0.358. The SMILES string of the molecule is COc1ccc([C@@H](CNCCNCCCc2ccc3c(n2)NCCC3)C(=O)O)cn1. The molecule has 3 rings (SSSR count). The van der Waals surface area contributed by atoms with Gasteiger partial charge in [-0.2, -0.15) is 0 Å². The first-order valence-electron chi connectivity index (χ1n) is 10.5. The van der Waals surface area contributed by atoms with Crippen LogP contribution in [0, 0.1) is 0 Å². The summed E-state index contributed by atoms with van der Waals surface area (Å²) in [6, 6.07) is 7.75. The van der Waals surface area contributed by atoms with Gasteiger partial charge in [-0.05, 0) is 49.4 Å². The van der Waals surface area contributed by atoms with Crippen LogP contribution in [0.15, 0.2) is 30.5 Å². The Kier molecular flexibility index (Phi) is 8.41. The summed E-state index contributed by atoms with van der Waals surface area (Å²) < 4.78 is 5.02. The Balaban J connectivity index is 1.30. The minimum Gasteiger partial charge on any atom is -0.481 e. The van der Waals surface area contributed by atoms with Crippen LogP contribution in [0.1, 0.15) is 35.6 Å². The highest BCUT2D eigenvalue weighted by Gasteiger charge is 2.19. The number of carboxylic acids is 1. The van der Waals surface area contributed by atoms with Gasteiger partial charge < -0.3 is 25.8 Å². The highest BCUT2D eigenvalue weighted by atomic mass is 16.5. The third-order valence-corrected chi connectivity index (χ3v) is 5.23. The topological polar surface area (TPSA) is 108 Å². The molecule has 0 saturated carbocycles. The van der Waals surface area contributed by atoms with Crippen molar-refractivity contribution >= 4 is 11.8 Å². The molecule has 0 fully saturated rings. The molecule has 0 aliphatic carbocycles. The van der Waals surface area contributed by atoms with Crippen LogP contribution >= 0.6 is 0 Å². The van der Waals surface area contributed by atoms with Crippen LogP contribution in [0.25, 0.3) is 0 Å². The lowest BCUT2D eigenvalue weighted by atomic mass is 10.0. The number of aryl methyl sites for hydroxylation is 2. The molecule has 1 aliphatic heterocycles. The summed E-state index contributed by atoms with van der Waals surface area (Å²) in [5, 5.41) is 19.5. The predicted octanol–water partition coefficient (Wildman–Crippen LogP) is 1.82. The molecule has 0 aromatic carbocycles. The van der Waals surface area contributed by atoms with E-state index in [1.165, 1.54) is 19.1 Å². The highest BCUT2D eigenvalue weighted by Crippen LogP contribution is 2.20. The number of carbonyl (C=O) groups is 1. The maximum absolute atomic E-state index is 11.6. The summed E-state index contributed by atoms with van der Waals surface area (Å²) in [5.74, 6) is 0.0272. The van der Waals surface area contributed by atoms with Crippen LogP contribution in [0.5, 0.6) is 5.88 Å². The van der Waals surface area contributed by atoms with E-state index in [1.54, 1.807) is 18.3 Å². The quantitative estimate of drug-likeness (QED) is 0.390. The fourth-order valence-corrected chi connectivity index (χ4v) is 3.52. The predicted molar refractivity (Wildman–Crippen MR) is 116 cm³/mol. The van der Waals surface area contributed by atoms with Gasteiger partial charge in [-0.15, -0.1) is 0 Å². The molecule has 0 saturated heterocycles. The third kappa shape index (κ3) is 6.40. The van der Waals surface area contributed by atoms with Gasteiger partial charge in [0.15, 0.2) is 0 Å². The zero-order chi connectivity index (χ0) is 21.2. The minimum atomic E-state index is -0.866. The van der Waals surface area contributed by atoms with Crippen LogP contribution in [0.3, 0.4) is 0 Å². The smallest absolute Gasteiger partial charge is 0.312 e. The molecule has 1 aliphatic rings. The zero-order valence-electron chi connectivity index (χ0n) is 17.5. The fourth-order valence-electron chi connectivity index (χ4n) is 3.52. The molecular weight excluding hydrogens is 382 g/mol. The van der Waals surface area contributed by atoms with Gasteiger partial charge >= 0.3 is 5.97 Å². The normalized spacial score (nSPS) is 13.9. The number of nitrogens with zero attached hydrogens (tertiary/aromatic N) is 2. The van der Waals surface area contributed by atoms with Gasteiger partial charge in [0.05, 0.1) is 13.0 Å². The van der Waals surface area contributed by atoms with Crippen molar-refractivity contribution < 1.29 is 14.6 Å². The Hall–Kier alpha value is -2.71. The number of rotatable bonds is 12. The van der Waals surface area contributed by atoms with Crippen molar-refractivity contribution in [2.24, 2.45) is 0 Å². The first kappa shape index (κ1) is 22.0. The number of aromatic nitrogens is 2. The Morgan fingerprint density at radius 1 is 1.23 bits per heavy atom. The second kappa shape index (κ2) is 11.5. The van der Waals surface area contributed by atoms with E-state index in [4.69, 9.17) is 9.72 Å². The number of ether oxygens (including phenoxy) is 1. The molecule has 0 spiro atoms. The first-order chi connectivity index (χ1) is 14.7. The number of fused-ring (bicyclic) bond motifs is 1. The number of methoxy groups -OCH3 is 1. The molecule has 0 radical (unpaired) electrons. The van der Waals surface area contributed by atoms with Crippen LogP contribution < -0.4 is 20.7 Å². The average Bonchev–Trinajstić information content (AvgIpc) is 2.78. The molecule has 0 bridgehead atoms. The molecule has 0 amide bonds. The number of hydrogen-bond acceptors (Lipinski definition) is 7. The Morgan fingerprint density at radius 2 is 2.10 bits per heavy atom. The molecule has 8 nitrogen and oxygen atoms in total. The fraction of sp³-hybridized carbons (Fsp3) is 0.500. The number of carboxylic acid groups (broad SMARTS) is 1. The van der Waals surface area contributed by atoms with E-state index in [-0.39, 0.29) is 0 Å². The summed E-state index contributed by atoms with van der Waals surface area (Å²) in [7, 11) is 1.53. The van der Waals surface area contributed by atoms with Crippen molar-refractivity contribution in [3.63, 3.8) is 0 Å². The lowest BCUT2D eigenvalue weighted by Crippen LogP contribution is -2.33. The summed E-state index contributed by atoms with van der Waals surface area (Å²) >= 11 is 0. The number of aliphatic carboxylic acids is 1. The van der Waals surface area contributed by atoms with Gasteiger partial charge in [-0.3, -0.25) is 4.79 Å². The van der Waals surface area contributed by atoms with E-state index in [2.05, 4.69) is 33.1 Å². The number of pyridine rings is 2. The third-order valence-electron chi connectivity index (χ3n) is 5.23. The number of anilines is 1. The van der Waals surface area contributed by atoms with E-state index < -0.39 is 11.9 Å². The van der Waals surface area contributed by atoms with E-state index >= 15 is 0 Å². The summed E-state index contributed by atoms with van der Waals surface area (Å²) in [4.78, 5) is 20.4. The molecule has 1 atom stereocenters. The van der Waals surface area contributed by atoms with E-state index in [1.807, 2.05) is 0 Å². The van der Waals surface area contributed by atoms with Gasteiger partial charge in [0.25, 0.3) is 0 Å². The van der Waals surface area contributed by atoms with Gasteiger partial charge in [0, 0.05) is 44.1 Å². The standard InChI is InChI=1S/C22H31N5O3/c1-30-20-9-7-17(14-26-20)19(22(28)29)15-24-13-12-23-10-3-5-18-8-6-16-4-2-11-25-21(16)27-18/h6-9,14,19,23-24H,2-5,10-13,15H2,1H3,(H,25,27)(H,28,29)/t19-/m1/s1. The highest BCUT2D eigenvalue weighted by molar-refractivity contribution is 5.76. The number of nitrogens with one attached hydrogen (secondary N) is 3. The molecule has 3 heterocycles. The zero-order valence-corrected chi connectivity index (χ0v) is 17.5. The summed E-state index contributed by atoms with van der Waals surface area (Å²) in [6.07, 6.45) is 5.81. The van der Waals surface area contributed by atoms with E-state index in [0.29, 0.717) is 24.5 Å². The van der Waals surface area contributed by atoms with Gasteiger partial charge in [0.1, 0.15) is 5.82 Å². The molecule has 0 unspecified atom stereocenters. The number of hydrogen-bond donors (Lipinski definition) is 4. The molecule has 162 valence electrons. The van der Waals surface area contributed by atoms with Gasteiger partial charge in [0.2, 0.25) is 5.88 Å². The van der Waals surface area contributed by atoms with Gasteiger partial charge in [-0.1, -0.05) is 12.1 Å². The Morgan fingerprint density at radius 3 is 2.87 bits per heavy atom. The average molecular weight is 414 g/mol. The Labute approximate surface area is 177 Å². The molecule has 2 aromatic heterocycles. The van der Waals surface area contributed by atoms with Crippen LogP contribution in [0.4, 0.5) is 5.82 Å². The molecular formula is C22H31N5O3. The summed E-state index contributed by atoms with van der Waals surface area (Å²) in [6.45, 7) is 3.76. The van der Waals surface area contributed by atoms with Crippen molar-refractivity contribution in [2.45, 2.75) is 31.6 Å².